The molecule has 0 radical (unpaired) electrons. The second-order valence-electron chi connectivity index (χ2n) is 6.60. The number of carbonyl (C=O) groups is 1. The van der Waals surface area contributed by atoms with Gasteiger partial charge in [0, 0.05) is 51.7 Å². The number of hydrogen-bond donors (Lipinski definition) is 0. The Morgan fingerprint density at radius 1 is 1.28 bits per heavy atom. The van der Waals surface area contributed by atoms with Gasteiger partial charge in [0.1, 0.15) is 5.76 Å². The van der Waals surface area contributed by atoms with Crippen molar-refractivity contribution in [3.8, 4) is 0 Å². The van der Waals surface area contributed by atoms with E-state index in [9.17, 15) is 4.79 Å². The second kappa shape index (κ2) is 8.27. The van der Waals surface area contributed by atoms with Crippen molar-refractivity contribution in [3.05, 3.63) is 54.2 Å². The molecule has 2 aromatic rings. The summed E-state index contributed by atoms with van der Waals surface area (Å²) in [7, 11) is 1.82. The molecule has 3 heterocycles. The zero-order chi connectivity index (χ0) is 17.6. The predicted molar refractivity (Wildman–Crippen MR) is 95.8 cm³/mol. The molecule has 1 aliphatic heterocycles. The highest BCUT2D eigenvalue weighted by Crippen LogP contribution is 2.20. The van der Waals surface area contributed by atoms with Crippen LogP contribution in [-0.2, 0) is 11.3 Å². The Morgan fingerprint density at radius 3 is 2.72 bits per heavy atom. The topological polar surface area (TPSA) is 52.8 Å². The van der Waals surface area contributed by atoms with Crippen LogP contribution < -0.4 is 0 Å². The van der Waals surface area contributed by atoms with Crippen molar-refractivity contribution in [3.63, 3.8) is 0 Å². The lowest BCUT2D eigenvalue weighted by molar-refractivity contribution is -0.132. The van der Waals surface area contributed by atoms with Gasteiger partial charge in [-0.05, 0) is 30.7 Å². The second-order valence-corrected chi connectivity index (χ2v) is 6.60. The zero-order valence-corrected chi connectivity index (χ0v) is 15.0. The average molecular weight is 342 g/mol. The number of furan rings is 1. The fraction of sp³-hybridized carbons (Fsp3) is 0.474. The highest BCUT2D eigenvalue weighted by molar-refractivity contribution is 5.77. The van der Waals surface area contributed by atoms with Crippen molar-refractivity contribution in [1.29, 1.82) is 0 Å². The maximum atomic E-state index is 12.4. The number of aromatic nitrogens is 1. The Balaban J connectivity index is 1.45. The Labute approximate surface area is 149 Å². The molecule has 0 spiro atoms. The molecule has 0 N–H and O–H groups in total. The molecule has 0 aromatic carbocycles. The minimum absolute atomic E-state index is 0.130. The Bertz CT molecular complexity index is 651. The van der Waals surface area contributed by atoms with E-state index in [0.717, 1.165) is 31.9 Å². The molecule has 25 heavy (non-hydrogen) atoms. The third-order valence-electron chi connectivity index (χ3n) is 4.88. The molecular weight excluding hydrogens is 316 g/mol. The van der Waals surface area contributed by atoms with Gasteiger partial charge in [0.15, 0.2) is 0 Å². The summed E-state index contributed by atoms with van der Waals surface area (Å²) in [5.41, 5.74) is 1.24. The first kappa shape index (κ1) is 17.6. The molecule has 0 saturated carbocycles. The monoisotopic (exact) mass is 342 g/mol. The van der Waals surface area contributed by atoms with Crippen LogP contribution in [0.15, 0.2) is 47.3 Å². The number of carbonyl (C=O) groups excluding carboxylic acids is 1. The van der Waals surface area contributed by atoms with E-state index in [-0.39, 0.29) is 5.91 Å². The van der Waals surface area contributed by atoms with Gasteiger partial charge in [0.05, 0.1) is 19.4 Å². The smallest absolute Gasteiger partial charge is 0.236 e. The summed E-state index contributed by atoms with van der Waals surface area (Å²) in [6, 6.07) is 8.19. The first-order valence-corrected chi connectivity index (χ1v) is 8.76. The van der Waals surface area contributed by atoms with E-state index in [4.69, 9.17) is 4.42 Å². The molecule has 1 atom stereocenters. The summed E-state index contributed by atoms with van der Waals surface area (Å²) < 4.78 is 5.31. The third kappa shape index (κ3) is 4.67. The number of amides is 1. The van der Waals surface area contributed by atoms with Crippen LogP contribution in [0.1, 0.15) is 24.3 Å². The summed E-state index contributed by atoms with van der Waals surface area (Å²) in [4.78, 5) is 23.0. The van der Waals surface area contributed by atoms with Crippen LogP contribution in [0.5, 0.6) is 0 Å². The quantitative estimate of drug-likeness (QED) is 0.804. The summed E-state index contributed by atoms with van der Waals surface area (Å²) in [5.74, 6) is 0.941. The van der Waals surface area contributed by atoms with Crippen LogP contribution in [0.4, 0.5) is 0 Å². The molecule has 0 unspecified atom stereocenters. The maximum Gasteiger partial charge on any atom is 0.236 e. The normalized spacial score (nSPS) is 17.4. The van der Waals surface area contributed by atoms with Gasteiger partial charge in [-0.15, -0.1) is 0 Å². The van der Waals surface area contributed by atoms with E-state index < -0.39 is 0 Å². The number of pyridine rings is 1. The van der Waals surface area contributed by atoms with Crippen molar-refractivity contribution in [2.24, 2.45) is 0 Å². The van der Waals surface area contributed by atoms with Crippen molar-refractivity contribution in [1.82, 2.24) is 19.7 Å². The molecule has 3 rings (SSSR count). The first-order chi connectivity index (χ1) is 12.1. The Kier molecular flexibility index (Phi) is 5.83. The molecule has 1 amide bonds. The Hall–Kier alpha value is -2.18. The van der Waals surface area contributed by atoms with Crippen LogP contribution >= 0.6 is 0 Å². The highest BCUT2D eigenvalue weighted by Gasteiger charge is 2.24. The summed E-state index contributed by atoms with van der Waals surface area (Å²) in [6.45, 7) is 6.94. The van der Waals surface area contributed by atoms with Gasteiger partial charge in [-0.2, -0.15) is 0 Å². The largest absolute Gasteiger partial charge is 0.467 e. The third-order valence-corrected chi connectivity index (χ3v) is 4.88. The van der Waals surface area contributed by atoms with E-state index in [2.05, 4.69) is 27.8 Å². The fourth-order valence-electron chi connectivity index (χ4n) is 3.18. The van der Waals surface area contributed by atoms with E-state index in [0.29, 0.717) is 19.1 Å². The van der Waals surface area contributed by atoms with Crippen molar-refractivity contribution in [2.75, 3.05) is 39.8 Å². The van der Waals surface area contributed by atoms with Crippen molar-refractivity contribution in [2.45, 2.75) is 19.5 Å². The molecular formula is C19H26N4O2. The lowest BCUT2D eigenvalue weighted by Crippen LogP contribution is -2.50. The number of nitrogens with zero attached hydrogens (tertiary/aromatic N) is 4. The first-order valence-electron chi connectivity index (χ1n) is 8.76. The fourth-order valence-corrected chi connectivity index (χ4v) is 3.18. The molecule has 1 fully saturated rings. The average Bonchev–Trinajstić information content (AvgIpc) is 3.15. The van der Waals surface area contributed by atoms with Crippen LogP contribution in [-0.4, -0.2) is 65.4 Å². The molecule has 2 aromatic heterocycles. The molecule has 1 saturated heterocycles. The van der Waals surface area contributed by atoms with Gasteiger partial charge < -0.3 is 9.32 Å². The predicted octanol–water partition coefficient (Wildman–Crippen LogP) is 2.01. The van der Waals surface area contributed by atoms with E-state index >= 15 is 0 Å². The Morgan fingerprint density at radius 2 is 2.08 bits per heavy atom. The van der Waals surface area contributed by atoms with Crippen LogP contribution in [0, 0.1) is 0 Å². The lowest BCUT2D eigenvalue weighted by atomic mass is 10.1. The molecule has 6 nitrogen and oxygen atoms in total. The van der Waals surface area contributed by atoms with Gasteiger partial charge in [-0.1, -0.05) is 6.07 Å². The van der Waals surface area contributed by atoms with Gasteiger partial charge in [0.2, 0.25) is 5.91 Å². The summed E-state index contributed by atoms with van der Waals surface area (Å²) in [5, 5.41) is 0. The zero-order valence-electron chi connectivity index (χ0n) is 15.0. The summed E-state index contributed by atoms with van der Waals surface area (Å²) >= 11 is 0. The van der Waals surface area contributed by atoms with Gasteiger partial charge >= 0.3 is 0 Å². The summed E-state index contributed by atoms with van der Waals surface area (Å²) in [6.07, 6.45) is 5.37. The van der Waals surface area contributed by atoms with Gasteiger partial charge in [0.25, 0.3) is 0 Å². The van der Waals surface area contributed by atoms with Crippen molar-refractivity contribution < 1.29 is 9.21 Å². The SMILES string of the molecule is C[C@H](c1cccnc1)N1CCN(CC(=O)N(C)Cc2ccco2)CC1. The standard InChI is InChI=1S/C19H26N4O2/c1-16(17-5-3-7-20-13-17)23-10-8-22(9-11-23)15-19(24)21(2)14-18-6-4-12-25-18/h3-7,12-13,16H,8-11,14-15H2,1-2H3/t16-/m1/s1. The number of rotatable bonds is 6. The highest BCUT2D eigenvalue weighted by atomic mass is 16.3. The number of likely N-dealkylation sites (N-methyl/N-ethyl adjacent to an activating group) is 1. The minimum Gasteiger partial charge on any atom is -0.467 e. The van der Waals surface area contributed by atoms with Crippen LogP contribution in [0.3, 0.4) is 0 Å². The van der Waals surface area contributed by atoms with Gasteiger partial charge in [-0.3, -0.25) is 19.6 Å². The number of piperazine rings is 1. The molecule has 1 aliphatic rings. The van der Waals surface area contributed by atoms with Crippen molar-refractivity contribution >= 4 is 5.91 Å². The maximum absolute atomic E-state index is 12.4. The molecule has 0 aliphatic carbocycles. The molecule has 6 heteroatoms. The van der Waals surface area contributed by atoms with E-state index in [1.54, 1.807) is 17.4 Å². The van der Waals surface area contributed by atoms with Gasteiger partial charge in [-0.25, -0.2) is 0 Å². The molecule has 134 valence electrons. The molecule has 0 bridgehead atoms. The lowest BCUT2D eigenvalue weighted by Gasteiger charge is -2.38. The minimum atomic E-state index is 0.130. The van der Waals surface area contributed by atoms with Crippen LogP contribution in [0.25, 0.3) is 0 Å². The van der Waals surface area contributed by atoms with E-state index in [1.807, 2.05) is 31.4 Å². The number of hydrogen-bond acceptors (Lipinski definition) is 5. The van der Waals surface area contributed by atoms with E-state index in [1.165, 1.54) is 5.56 Å². The van der Waals surface area contributed by atoms with Crippen LogP contribution in [0.2, 0.25) is 0 Å².